The van der Waals surface area contributed by atoms with Crippen molar-refractivity contribution in [1.82, 2.24) is 4.72 Å². The summed E-state index contributed by atoms with van der Waals surface area (Å²) in [4.78, 5) is 24.0. The summed E-state index contributed by atoms with van der Waals surface area (Å²) in [6.07, 6.45) is 4.09. The molecule has 8 nitrogen and oxygen atoms in total. The molecule has 0 atom stereocenters. The summed E-state index contributed by atoms with van der Waals surface area (Å²) in [6.45, 7) is -0.355. The van der Waals surface area contributed by atoms with Crippen molar-refractivity contribution in [2.75, 3.05) is 13.7 Å². The minimum absolute atomic E-state index is 0.0398. The molecular formula is C23H21NO7S. The van der Waals surface area contributed by atoms with Crippen LogP contribution in [0.4, 0.5) is 0 Å². The zero-order chi connectivity index (χ0) is 23.0. The van der Waals surface area contributed by atoms with Crippen LogP contribution in [0.15, 0.2) is 82.3 Å². The van der Waals surface area contributed by atoms with Gasteiger partial charge in [0, 0.05) is 11.6 Å². The molecule has 1 N–H and O–H groups in total. The number of carbonyl (C=O) groups is 2. The number of ketones is 1. The number of esters is 1. The fourth-order valence-electron chi connectivity index (χ4n) is 2.63. The van der Waals surface area contributed by atoms with Crippen molar-refractivity contribution >= 4 is 27.9 Å². The van der Waals surface area contributed by atoms with E-state index in [2.05, 4.69) is 4.72 Å². The van der Waals surface area contributed by atoms with Crippen LogP contribution in [0.5, 0.6) is 5.75 Å². The highest BCUT2D eigenvalue weighted by molar-refractivity contribution is 7.89. The Hall–Kier alpha value is -3.69. The molecule has 0 radical (unpaired) electrons. The van der Waals surface area contributed by atoms with E-state index < -0.39 is 22.6 Å². The van der Waals surface area contributed by atoms with Gasteiger partial charge in [0.25, 0.3) is 0 Å². The van der Waals surface area contributed by atoms with Crippen molar-refractivity contribution in [2.24, 2.45) is 0 Å². The predicted octanol–water partition coefficient (Wildman–Crippen LogP) is 3.21. The van der Waals surface area contributed by atoms with Gasteiger partial charge in [-0.25, -0.2) is 17.9 Å². The molecule has 32 heavy (non-hydrogen) atoms. The minimum Gasteiger partial charge on any atom is -0.497 e. The first-order valence-corrected chi connectivity index (χ1v) is 11.0. The van der Waals surface area contributed by atoms with Crippen molar-refractivity contribution in [1.29, 1.82) is 0 Å². The Labute approximate surface area is 185 Å². The third kappa shape index (κ3) is 6.40. The number of ether oxygens (including phenoxy) is 2. The van der Waals surface area contributed by atoms with Crippen molar-refractivity contribution in [3.05, 3.63) is 89.9 Å². The molecule has 3 aromatic rings. The highest BCUT2D eigenvalue weighted by Gasteiger charge is 2.14. The minimum atomic E-state index is -3.70. The van der Waals surface area contributed by atoms with Gasteiger partial charge in [-0.2, -0.15) is 0 Å². The molecule has 9 heteroatoms. The van der Waals surface area contributed by atoms with E-state index in [1.165, 1.54) is 37.7 Å². The lowest BCUT2D eigenvalue weighted by atomic mass is 10.1. The first-order chi connectivity index (χ1) is 15.4. The first-order valence-electron chi connectivity index (χ1n) is 9.51. The number of furan rings is 1. The smallest absolute Gasteiger partial charge is 0.331 e. The number of carbonyl (C=O) groups excluding carboxylic acids is 2. The molecule has 0 saturated heterocycles. The summed E-state index contributed by atoms with van der Waals surface area (Å²) in [5, 5.41) is 0. The third-order valence-corrected chi connectivity index (χ3v) is 5.79. The second-order valence-corrected chi connectivity index (χ2v) is 8.33. The van der Waals surface area contributed by atoms with Gasteiger partial charge < -0.3 is 13.9 Å². The van der Waals surface area contributed by atoms with Crippen LogP contribution in [0.2, 0.25) is 0 Å². The molecule has 1 heterocycles. The lowest BCUT2D eigenvalue weighted by Crippen LogP contribution is -2.22. The van der Waals surface area contributed by atoms with Crippen molar-refractivity contribution in [2.45, 2.75) is 11.4 Å². The topological polar surface area (TPSA) is 112 Å². The van der Waals surface area contributed by atoms with E-state index in [1.54, 1.807) is 48.5 Å². The SMILES string of the molecule is COc1ccc(C(=O)COC(=O)/C=C/c2ccc(S(=O)(=O)NCc3ccco3)cc2)cc1. The molecule has 0 aliphatic heterocycles. The second-order valence-electron chi connectivity index (χ2n) is 6.57. The van der Waals surface area contributed by atoms with Crippen molar-refractivity contribution in [3.63, 3.8) is 0 Å². The molecule has 0 unspecified atom stereocenters. The van der Waals surface area contributed by atoms with Crippen LogP contribution in [0.1, 0.15) is 21.7 Å². The Kier molecular flexibility index (Phi) is 7.58. The van der Waals surface area contributed by atoms with E-state index in [4.69, 9.17) is 13.9 Å². The number of rotatable bonds is 10. The maximum Gasteiger partial charge on any atom is 0.331 e. The molecular weight excluding hydrogens is 434 g/mol. The van der Waals surface area contributed by atoms with Gasteiger partial charge in [-0.15, -0.1) is 0 Å². The predicted molar refractivity (Wildman–Crippen MR) is 116 cm³/mol. The molecule has 0 saturated carbocycles. The van der Waals surface area contributed by atoms with E-state index in [9.17, 15) is 18.0 Å². The Morgan fingerprint density at radius 3 is 2.38 bits per heavy atom. The lowest BCUT2D eigenvalue weighted by molar-refractivity contribution is -0.136. The first kappa shape index (κ1) is 23.0. The third-order valence-electron chi connectivity index (χ3n) is 4.38. The van der Waals surface area contributed by atoms with Crippen LogP contribution in [-0.2, 0) is 26.1 Å². The van der Waals surface area contributed by atoms with Gasteiger partial charge in [-0.1, -0.05) is 12.1 Å². The molecule has 0 amide bonds. The molecule has 0 bridgehead atoms. The Balaban J connectivity index is 1.51. The Morgan fingerprint density at radius 2 is 1.75 bits per heavy atom. The van der Waals surface area contributed by atoms with Crippen LogP contribution in [0, 0.1) is 0 Å². The summed E-state index contributed by atoms with van der Waals surface area (Å²) < 4.78 is 42.2. The van der Waals surface area contributed by atoms with Crippen LogP contribution < -0.4 is 9.46 Å². The molecule has 2 aromatic carbocycles. The normalized spacial score (nSPS) is 11.4. The van der Waals surface area contributed by atoms with Gasteiger partial charge in [0.15, 0.2) is 12.4 Å². The number of nitrogens with one attached hydrogen (secondary N) is 1. The number of hydrogen-bond donors (Lipinski definition) is 1. The summed E-state index contributed by atoms with van der Waals surface area (Å²) in [5.74, 6) is 0.0837. The van der Waals surface area contributed by atoms with Crippen molar-refractivity contribution < 1.29 is 31.9 Å². The van der Waals surface area contributed by atoms with E-state index in [0.717, 1.165) is 0 Å². The summed E-state index contributed by atoms with van der Waals surface area (Å²) in [6, 6.07) is 15.7. The highest BCUT2D eigenvalue weighted by atomic mass is 32.2. The average Bonchev–Trinajstić information content (AvgIpc) is 3.34. The van der Waals surface area contributed by atoms with Crippen LogP contribution in [0.3, 0.4) is 0 Å². The Morgan fingerprint density at radius 1 is 1.03 bits per heavy atom. The van der Waals surface area contributed by atoms with Crippen LogP contribution >= 0.6 is 0 Å². The number of sulfonamides is 1. The fourth-order valence-corrected chi connectivity index (χ4v) is 3.62. The molecule has 166 valence electrons. The second kappa shape index (κ2) is 10.6. The standard InChI is InChI=1S/C23H21NO7S/c1-29-19-9-7-18(8-10-19)22(25)16-31-23(26)13-6-17-4-11-21(12-5-17)32(27,28)24-15-20-3-2-14-30-20/h2-14,24H,15-16H2,1H3/b13-6+. The molecule has 0 fully saturated rings. The zero-order valence-electron chi connectivity index (χ0n) is 17.2. The molecule has 3 rings (SSSR count). The van der Waals surface area contributed by atoms with Gasteiger partial charge in [-0.3, -0.25) is 4.79 Å². The van der Waals surface area contributed by atoms with Crippen LogP contribution in [0.25, 0.3) is 6.08 Å². The molecule has 0 spiro atoms. The molecule has 0 aliphatic rings. The van der Waals surface area contributed by atoms with Gasteiger partial charge in [0.1, 0.15) is 11.5 Å². The van der Waals surface area contributed by atoms with Gasteiger partial charge >= 0.3 is 5.97 Å². The summed E-state index contributed by atoms with van der Waals surface area (Å²) in [7, 11) is -2.18. The lowest BCUT2D eigenvalue weighted by Gasteiger charge is -2.06. The van der Waals surface area contributed by atoms with E-state index >= 15 is 0 Å². The highest BCUT2D eigenvalue weighted by Crippen LogP contribution is 2.14. The number of benzene rings is 2. The maximum absolute atomic E-state index is 12.3. The molecule has 0 aliphatic carbocycles. The number of Topliss-reactive ketones (excluding diaryl/α,β-unsaturated/α-hetero) is 1. The Bertz CT molecular complexity index is 1180. The van der Waals surface area contributed by atoms with E-state index in [1.807, 2.05) is 0 Å². The summed E-state index contributed by atoms with van der Waals surface area (Å²) in [5.41, 5.74) is 0.994. The largest absolute Gasteiger partial charge is 0.497 e. The zero-order valence-corrected chi connectivity index (χ0v) is 18.0. The number of hydrogen-bond acceptors (Lipinski definition) is 7. The van der Waals surface area contributed by atoms with Gasteiger partial charge in [0.2, 0.25) is 10.0 Å². The van der Waals surface area contributed by atoms with Crippen molar-refractivity contribution in [3.8, 4) is 5.75 Å². The number of methoxy groups -OCH3 is 1. The monoisotopic (exact) mass is 455 g/mol. The van der Waals surface area contributed by atoms with E-state index in [0.29, 0.717) is 22.6 Å². The fraction of sp³-hybridized carbons (Fsp3) is 0.130. The average molecular weight is 455 g/mol. The van der Waals surface area contributed by atoms with Gasteiger partial charge in [0.05, 0.1) is 24.8 Å². The maximum atomic E-state index is 12.3. The van der Waals surface area contributed by atoms with Gasteiger partial charge in [-0.05, 0) is 60.2 Å². The molecule has 1 aromatic heterocycles. The van der Waals surface area contributed by atoms with E-state index in [-0.39, 0.29) is 17.2 Å². The van der Waals surface area contributed by atoms with Crippen LogP contribution in [-0.4, -0.2) is 33.9 Å². The quantitative estimate of drug-likeness (QED) is 0.284. The summed E-state index contributed by atoms with van der Waals surface area (Å²) >= 11 is 0.